The quantitative estimate of drug-likeness (QED) is 0.907. The number of carboxylic acid groups (broad SMARTS) is 1. The molecule has 5 nitrogen and oxygen atoms in total. The van der Waals surface area contributed by atoms with Gasteiger partial charge in [0.15, 0.2) is 5.75 Å². The molecular weight excluding hydrogens is 270 g/mol. The van der Waals surface area contributed by atoms with Crippen molar-refractivity contribution in [2.45, 2.75) is 37.9 Å². The summed E-state index contributed by atoms with van der Waals surface area (Å²) in [6.07, 6.45) is 3.90. The van der Waals surface area contributed by atoms with Gasteiger partial charge in [-0.05, 0) is 25.3 Å². The van der Waals surface area contributed by atoms with Crippen LogP contribution < -0.4 is 4.74 Å². The van der Waals surface area contributed by atoms with Gasteiger partial charge in [-0.25, -0.2) is 4.79 Å². The van der Waals surface area contributed by atoms with Crippen molar-refractivity contribution >= 4 is 16.9 Å². The third-order valence-corrected chi connectivity index (χ3v) is 3.90. The molecule has 5 heteroatoms. The topological polar surface area (TPSA) is 79.7 Å². The summed E-state index contributed by atoms with van der Waals surface area (Å²) in [5, 5.41) is 20.0. The average Bonchev–Trinajstić information content (AvgIpc) is 2.49. The highest BCUT2D eigenvalue weighted by atomic mass is 16.5. The van der Waals surface area contributed by atoms with Crippen molar-refractivity contribution < 1.29 is 19.7 Å². The molecule has 0 aliphatic heterocycles. The number of fused-ring (bicyclic) bond motifs is 1. The van der Waals surface area contributed by atoms with E-state index in [9.17, 15) is 15.0 Å². The number of nitrogens with zero attached hydrogens (tertiary/aromatic N) is 1. The summed E-state index contributed by atoms with van der Waals surface area (Å²) in [4.78, 5) is 15.8. The molecule has 1 aliphatic carbocycles. The van der Waals surface area contributed by atoms with E-state index in [4.69, 9.17) is 4.74 Å². The lowest BCUT2D eigenvalue weighted by Crippen LogP contribution is -2.35. The molecule has 2 N–H and O–H groups in total. The van der Waals surface area contributed by atoms with Crippen molar-refractivity contribution in [2.75, 3.05) is 0 Å². The molecule has 0 amide bonds. The largest absolute Gasteiger partial charge is 0.485 e. The predicted molar refractivity (Wildman–Crippen MR) is 77.6 cm³/mol. The number of pyridine rings is 1. The van der Waals surface area contributed by atoms with Crippen LogP contribution in [0.5, 0.6) is 5.75 Å². The number of aromatic carboxylic acids is 1. The van der Waals surface area contributed by atoms with Crippen LogP contribution in [0.3, 0.4) is 0 Å². The molecule has 1 heterocycles. The standard InChI is InChI=1S/C16H17NO4/c18-12-7-3-4-8-13(12)21-14-9-17-11-6-2-1-5-10(11)15(14)16(19)20/h1-2,5-6,9,12-13,18H,3-4,7-8H2,(H,19,20). The minimum absolute atomic E-state index is 0.110. The first kappa shape index (κ1) is 13.8. The van der Waals surface area contributed by atoms with E-state index < -0.39 is 12.1 Å². The Balaban J connectivity index is 2.01. The summed E-state index contributed by atoms with van der Waals surface area (Å²) in [6, 6.07) is 7.07. The molecule has 21 heavy (non-hydrogen) atoms. The number of hydrogen-bond acceptors (Lipinski definition) is 4. The van der Waals surface area contributed by atoms with E-state index in [1.165, 1.54) is 6.20 Å². The van der Waals surface area contributed by atoms with Crippen LogP contribution in [0.1, 0.15) is 36.0 Å². The highest BCUT2D eigenvalue weighted by Gasteiger charge is 2.27. The smallest absolute Gasteiger partial charge is 0.340 e. The number of hydrogen-bond donors (Lipinski definition) is 2. The van der Waals surface area contributed by atoms with Gasteiger partial charge < -0.3 is 14.9 Å². The van der Waals surface area contributed by atoms with Crippen LogP contribution in [-0.4, -0.2) is 33.4 Å². The van der Waals surface area contributed by atoms with Gasteiger partial charge in [0, 0.05) is 5.39 Å². The Bertz CT molecular complexity index is 670. The Morgan fingerprint density at radius 2 is 2.00 bits per heavy atom. The van der Waals surface area contributed by atoms with Crippen LogP contribution in [0.4, 0.5) is 0 Å². The molecule has 0 spiro atoms. The molecule has 2 aromatic rings. The zero-order valence-corrected chi connectivity index (χ0v) is 11.5. The molecule has 1 aromatic carbocycles. The van der Waals surface area contributed by atoms with Crippen LogP contribution in [-0.2, 0) is 0 Å². The van der Waals surface area contributed by atoms with Crippen molar-refractivity contribution in [1.82, 2.24) is 4.98 Å². The lowest BCUT2D eigenvalue weighted by atomic mass is 9.94. The first-order valence-corrected chi connectivity index (χ1v) is 7.12. The maximum Gasteiger partial charge on any atom is 0.340 e. The summed E-state index contributed by atoms with van der Waals surface area (Å²) in [5.74, 6) is -0.818. The fraction of sp³-hybridized carbons (Fsp3) is 0.375. The summed E-state index contributed by atoms with van der Waals surface area (Å²) in [5.41, 5.74) is 0.727. The summed E-state index contributed by atoms with van der Waals surface area (Å²) >= 11 is 0. The maximum absolute atomic E-state index is 11.6. The van der Waals surface area contributed by atoms with Crippen molar-refractivity contribution in [3.8, 4) is 5.75 Å². The van der Waals surface area contributed by atoms with E-state index in [2.05, 4.69) is 4.98 Å². The zero-order valence-electron chi connectivity index (χ0n) is 11.5. The SMILES string of the molecule is O=C(O)c1c(OC2CCCCC2O)cnc2ccccc12. The molecule has 2 unspecified atom stereocenters. The van der Waals surface area contributed by atoms with E-state index >= 15 is 0 Å². The molecule has 1 aromatic heterocycles. The monoisotopic (exact) mass is 287 g/mol. The summed E-state index contributed by atoms with van der Waals surface area (Å²) in [7, 11) is 0. The number of aliphatic hydroxyl groups is 1. The highest BCUT2D eigenvalue weighted by molar-refractivity contribution is 6.04. The predicted octanol–water partition coefficient (Wildman–Crippen LogP) is 2.62. The summed E-state index contributed by atoms with van der Waals surface area (Å²) < 4.78 is 5.77. The van der Waals surface area contributed by atoms with Gasteiger partial charge in [-0.15, -0.1) is 0 Å². The Hall–Kier alpha value is -2.14. The second kappa shape index (κ2) is 5.69. The minimum Gasteiger partial charge on any atom is -0.485 e. The lowest BCUT2D eigenvalue weighted by molar-refractivity contribution is 0.00599. The van der Waals surface area contributed by atoms with E-state index in [1.54, 1.807) is 18.2 Å². The van der Waals surface area contributed by atoms with Gasteiger partial charge in [0.2, 0.25) is 0 Å². The second-order valence-corrected chi connectivity index (χ2v) is 5.33. The Morgan fingerprint density at radius 3 is 2.76 bits per heavy atom. The normalized spacial score (nSPS) is 22.1. The molecule has 0 bridgehead atoms. The van der Waals surface area contributed by atoms with Gasteiger partial charge in [-0.1, -0.05) is 24.6 Å². The van der Waals surface area contributed by atoms with Gasteiger partial charge in [0.1, 0.15) is 11.7 Å². The van der Waals surface area contributed by atoms with E-state index in [-0.39, 0.29) is 17.4 Å². The minimum atomic E-state index is -1.05. The number of carboxylic acids is 1. The number of aliphatic hydroxyl groups excluding tert-OH is 1. The van der Waals surface area contributed by atoms with E-state index in [0.717, 1.165) is 19.3 Å². The highest BCUT2D eigenvalue weighted by Crippen LogP contribution is 2.30. The molecule has 2 atom stereocenters. The molecule has 0 radical (unpaired) electrons. The first-order valence-electron chi connectivity index (χ1n) is 7.12. The molecule has 110 valence electrons. The molecular formula is C16H17NO4. The first-order chi connectivity index (χ1) is 10.2. The number of para-hydroxylation sites is 1. The van der Waals surface area contributed by atoms with Crippen LogP contribution in [0.15, 0.2) is 30.5 Å². The molecule has 1 saturated carbocycles. The van der Waals surface area contributed by atoms with Gasteiger partial charge in [-0.3, -0.25) is 4.98 Å². The number of benzene rings is 1. The van der Waals surface area contributed by atoms with Gasteiger partial charge in [-0.2, -0.15) is 0 Å². The fourth-order valence-corrected chi connectivity index (χ4v) is 2.81. The van der Waals surface area contributed by atoms with Crippen molar-refractivity contribution in [1.29, 1.82) is 0 Å². The number of aromatic nitrogens is 1. The molecule has 1 fully saturated rings. The number of ether oxygens (including phenoxy) is 1. The number of rotatable bonds is 3. The van der Waals surface area contributed by atoms with E-state index in [1.807, 2.05) is 6.07 Å². The Morgan fingerprint density at radius 1 is 1.24 bits per heavy atom. The van der Waals surface area contributed by atoms with Crippen LogP contribution >= 0.6 is 0 Å². The van der Waals surface area contributed by atoms with Gasteiger partial charge in [0.25, 0.3) is 0 Å². The maximum atomic E-state index is 11.6. The zero-order chi connectivity index (χ0) is 14.8. The van der Waals surface area contributed by atoms with Gasteiger partial charge in [0.05, 0.1) is 17.8 Å². The number of carbonyl (C=O) groups is 1. The lowest BCUT2D eigenvalue weighted by Gasteiger charge is -2.28. The van der Waals surface area contributed by atoms with Crippen LogP contribution in [0.2, 0.25) is 0 Å². The molecule has 1 aliphatic rings. The van der Waals surface area contributed by atoms with Crippen molar-refractivity contribution in [3.63, 3.8) is 0 Å². The molecule has 0 saturated heterocycles. The van der Waals surface area contributed by atoms with Crippen LogP contribution in [0.25, 0.3) is 10.9 Å². The Labute approximate surface area is 122 Å². The second-order valence-electron chi connectivity index (χ2n) is 5.33. The van der Waals surface area contributed by atoms with Crippen LogP contribution in [0, 0.1) is 0 Å². The molecule has 3 rings (SSSR count). The summed E-state index contributed by atoms with van der Waals surface area (Å²) in [6.45, 7) is 0. The third-order valence-electron chi connectivity index (χ3n) is 3.90. The Kier molecular flexibility index (Phi) is 3.75. The average molecular weight is 287 g/mol. The van der Waals surface area contributed by atoms with E-state index in [0.29, 0.717) is 17.3 Å². The fourth-order valence-electron chi connectivity index (χ4n) is 2.81. The third kappa shape index (κ3) is 2.69. The van der Waals surface area contributed by atoms with Crippen molar-refractivity contribution in [3.05, 3.63) is 36.0 Å². The van der Waals surface area contributed by atoms with Gasteiger partial charge >= 0.3 is 5.97 Å². The van der Waals surface area contributed by atoms with Crippen molar-refractivity contribution in [2.24, 2.45) is 0 Å².